The van der Waals surface area contributed by atoms with Gasteiger partial charge >= 0.3 is 5.97 Å². The summed E-state index contributed by atoms with van der Waals surface area (Å²) in [6, 6.07) is 22.2. The van der Waals surface area contributed by atoms with E-state index in [0.717, 1.165) is 36.1 Å². The maximum absolute atomic E-state index is 13.3. The van der Waals surface area contributed by atoms with Crippen LogP contribution in [0.4, 0.5) is 0 Å². The van der Waals surface area contributed by atoms with Gasteiger partial charge in [0.1, 0.15) is 22.1 Å². The molecule has 2 aliphatic carbocycles. The van der Waals surface area contributed by atoms with Crippen molar-refractivity contribution in [1.82, 2.24) is 0 Å². The lowest BCUT2D eigenvalue weighted by Crippen LogP contribution is -2.29. The molecule has 0 heterocycles. The average molecular weight is 481 g/mol. The number of hydrogen-bond donors (Lipinski definition) is 0. The lowest BCUT2D eigenvalue weighted by molar-refractivity contribution is -0.148. The number of hydrogen-bond acceptors (Lipinski definition) is 3. The molecule has 0 spiro atoms. The van der Waals surface area contributed by atoms with Crippen molar-refractivity contribution in [2.24, 2.45) is 0 Å². The number of halogens is 2. The SMILES string of the molecule is CCOc1ccc(C2(C(=O)OCc3cccc4c3CCCc3ccccc3-4)CC2(Cl)Cl)cc1. The van der Waals surface area contributed by atoms with Crippen LogP contribution in [-0.4, -0.2) is 16.9 Å². The van der Waals surface area contributed by atoms with Gasteiger partial charge in [0, 0.05) is 6.42 Å². The Balaban J connectivity index is 1.39. The maximum atomic E-state index is 13.3. The topological polar surface area (TPSA) is 35.5 Å². The second kappa shape index (κ2) is 8.70. The predicted molar refractivity (Wildman–Crippen MR) is 132 cm³/mol. The molecule has 0 aliphatic heterocycles. The molecule has 1 atom stereocenters. The van der Waals surface area contributed by atoms with Crippen LogP contribution in [0.1, 0.15) is 42.0 Å². The molecule has 5 heteroatoms. The molecule has 3 aromatic rings. The van der Waals surface area contributed by atoms with E-state index >= 15 is 0 Å². The summed E-state index contributed by atoms with van der Waals surface area (Å²) < 4.78 is 10.2. The second-order valence-corrected chi connectivity index (χ2v) is 10.3. The van der Waals surface area contributed by atoms with E-state index in [1.807, 2.05) is 43.3 Å². The van der Waals surface area contributed by atoms with Crippen LogP contribution in [0, 0.1) is 0 Å². The summed E-state index contributed by atoms with van der Waals surface area (Å²) in [6.07, 6.45) is 3.40. The number of carbonyl (C=O) groups excluding carboxylic acids is 1. The summed E-state index contributed by atoms with van der Waals surface area (Å²) in [7, 11) is 0. The molecule has 3 nitrogen and oxygen atoms in total. The Bertz CT molecular complexity index is 1190. The fourth-order valence-corrected chi connectivity index (χ4v) is 5.76. The first kappa shape index (κ1) is 22.3. The molecule has 0 amide bonds. The highest BCUT2D eigenvalue weighted by Gasteiger charge is 2.73. The van der Waals surface area contributed by atoms with Gasteiger partial charge in [-0.1, -0.05) is 77.8 Å². The third-order valence-corrected chi connectivity index (χ3v) is 7.72. The van der Waals surface area contributed by atoms with Gasteiger partial charge in [0.05, 0.1) is 6.61 Å². The zero-order chi connectivity index (χ0) is 23.1. The van der Waals surface area contributed by atoms with Gasteiger partial charge in [-0.25, -0.2) is 0 Å². The Morgan fingerprint density at radius 3 is 2.39 bits per heavy atom. The second-order valence-electron chi connectivity index (χ2n) is 8.77. The molecule has 170 valence electrons. The fraction of sp³-hybridized carbons (Fsp3) is 0.321. The molecule has 2 aliphatic rings. The van der Waals surface area contributed by atoms with Crippen molar-refractivity contribution in [1.29, 1.82) is 0 Å². The highest BCUT2D eigenvalue weighted by molar-refractivity contribution is 6.54. The average Bonchev–Trinajstić information content (AvgIpc) is 3.47. The number of benzene rings is 3. The maximum Gasteiger partial charge on any atom is 0.320 e. The number of aryl methyl sites for hydroxylation is 1. The monoisotopic (exact) mass is 480 g/mol. The Kier molecular flexibility index (Phi) is 5.88. The van der Waals surface area contributed by atoms with Crippen LogP contribution in [0.15, 0.2) is 66.7 Å². The third kappa shape index (κ3) is 3.92. The fourth-order valence-electron chi connectivity index (χ4n) is 4.98. The van der Waals surface area contributed by atoms with Crippen molar-refractivity contribution < 1.29 is 14.3 Å². The van der Waals surface area contributed by atoms with Crippen molar-refractivity contribution in [2.45, 2.75) is 49.0 Å². The number of carbonyl (C=O) groups is 1. The van der Waals surface area contributed by atoms with E-state index in [1.54, 1.807) is 0 Å². The summed E-state index contributed by atoms with van der Waals surface area (Å²) >= 11 is 13.0. The van der Waals surface area contributed by atoms with E-state index in [0.29, 0.717) is 13.0 Å². The molecule has 1 fully saturated rings. The van der Waals surface area contributed by atoms with Crippen LogP contribution in [-0.2, 0) is 34.4 Å². The molecule has 1 unspecified atom stereocenters. The van der Waals surface area contributed by atoms with Gasteiger partial charge in [-0.2, -0.15) is 0 Å². The number of alkyl halides is 2. The van der Waals surface area contributed by atoms with Gasteiger partial charge in [0.15, 0.2) is 0 Å². The number of fused-ring (bicyclic) bond motifs is 3. The van der Waals surface area contributed by atoms with Gasteiger partial charge in [-0.15, -0.1) is 0 Å². The Hall–Kier alpha value is -2.49. The van der Waals surface area contributed by atoms with Crippen molar-refractivity contribution in [3.8, 4) is 16.9 Å². The van der Waals surface area contributed by atoms with Crippen molar-refractivity contribution in [2.75, 3.05) is 6.61 Å². The van der Waals surface area contributed by atoms with Gasteiger partial charge in [0.2, 0.25) is 0 Å². The zero-order valence-electron chi connectivity index (χ0n) is 18.6. The third-order valence-electron chi connectivity index (χ3n) is 6.81. The first-order chi connectivity index (χ1) is 16.0. The summed E-state index contributed by atoms with van der Waals surface area (Å²) in [4.78, 5) is 13.3. The standard InChI is InChI=1S/C28H26Cl2O3/c1-2-32-22-15-13-21(14-16-22)27(18-28(27,29)30)26(31)33-17-20-9-6-12-25-23-10-4-3-7-19(23)8-5-11-24(20)25/h3-4,6-7,9-10,12-16H,2,5,8,11,17-18H2,1H3. The molecule has 3 aromatic carbocycles. The van der Waals surface area contributed by atoms with Crippen LogP contribution in [0.5, 0.6) is 5.75 Å². The minimum atomic E-state index is -1.18. The normalized spacial score (nSPS) is 20.2. The quantitative estimate of drug-likeness (QED) is 0.287. The lowest BCUT2D eigenvalue weighted by Gasteiger charge is -2.19. The summed E-state index contributed by atoms with van der Waals surface area (Å²) in [6.45, 7) is 2.71. The van der Waals surface area contributed by atoms with Gasteiger partial charge in [-0.05, 0) is 71.7 Å². The van der Waals surface area contributed by atoms with E-state index in [-0.39, 0.29) is 12.6 Å². The summed E-state index contributed by atoms with van der Waals surface area (Å²) in [5.74, 6) is 0.357. The van der Waals surface area contributed by atoms with Crippen molar-refractivity contribution in [3.05, 3.63) is 89.0 Å². The van der Waals surface area contributed by atoms with Crippen LogP contribution in [0.2, 0.25) is 0 Å². The molecule has 0 N–H and O–H groups in total. The summed E-state index contributed by atoms with van der Waals surface area (Å²) in [5.41, 5.74) is 5.85. The molecule has 33 heavy (non-hydrogen) atoms. The number of ether oxygens (including phenoxy) is 2. The van der Waals surface area contributed by atoms with Gasteiger partial charge < -0.3 is 9.47 Å². The first-order valence-electron chi connectivity index (χ1n) is 11.4. The smallest absolute Gasteiger partial charge is 0.320 e. The molecule has 0 bridgehead atoms. The highest BCUT2D eigenvalue weighted by atomic mass is 35.5. The minimum absolute atomic E-state index is 0.201. The highest BCUT2D eigenvalue weighted by Crippen LogP contribution is 2.65. The molecule has 1 saturated carbocycles. The predicted octanol–water partition coefficient (Wildman–Crippen LogP) is 6.80. The molecule has 5 rings (SSSR count). The lowest BCUT2D eigenvalue weighted by atomic mass is 9.93. The van der Waals surface area contributed by atoms with E-state index < -0.39 is 9.75 Å². The Labute approximate surface area is 204 Å². The zero-order valence-corrected chi connectivity index (χ0v) is 20.1. The van der Waals surface area contributed by atoms with Gasteiger partial charge in [-0.3, -0.25) is 4.79 Å². The van der Waals surface area contributed by atoms with E-state index in [9.17, 15) is 4.79 Å². The van der Waals surface area contributed by atoms with E-state index in [1.165, 1.54) is 22.3 Å². The van der Waals surface area contributed by atoms with Gasteiger partial charge in [0.25, 0.3) is 0 Å². The Morgan fingerprint density at radius 1 is 0.939 bits per heavy atom. The molecule has 0 aromatic heterocycles. The number of esters is 1. The summed E-state index contributed by atoms with van der Waals surface area (Å²) in [5, 5.41) is 0. The molecule has 0 saturated heterocycles. The minimum Gasteiger partial charge on any atom is -0.494 e. The molecular weight excluding hydrogens is 455 g/mol. The van der Waals surface area contributed by atoms with Crippen LogP contribution >= 0.6 is 23.2 Å². The van der Waals surface area contributed by atoms with Crippen molar-refractivity contribution >= 4 is 29.2 Å². The number of rotatable bonds is 6. The van der Waals surface area contributed by atoms with Crippen LogP contribution in [0.3, 0.4) is 0 Å². The van der Waals surface area contributed by atoms with Crippen LogP contribution in [0.25, 0.3) is 11.1 Å². The Morgan fingerprint density at radius 2 is 1.67 bits per heavy atom. The largest absolute Gasteiger partial charge is 0.494 e. The van der Waals surface area contributed by atoms with Crippen molar-refractivity contribution in [3.63, 3.8) is 0 Å². The van der Waals surface area contributed by atoms with E-state index in [2.05, 4.69) is 30.3 Å². The molecular formula is C28H26Cl2O3. The molecule has 0 radical (unpaired) electrons. The first-order valence-corrected chi connectivity index (χ1v) is 12.2. The van der Waals surface area contributed by atoms with E-state index in [4.69, 9.17) is 32.7 Å². The van der Waals surface area contributed by atoms with Crippen LogP contribution < -0.4 is 4.74 Å².